The summed E-state index contributed by atoms with van der Waals surface area (Å²) in [7, 11) is -3.55. The van der Waals surface area contributed by atoms with Crippen LogP contribution in [-0.2, 0) is 9.84 Å². The van der Waals surface area contributed by atoms with Gasteiger partial charge in [0.15, 0.2) is 0 Å². The van der Waals surface area contributed by atoms with Gasteiger partial charge in [0.25, 0.3) is 0 Å². The average Bonchev–Trinajstić information content (AvgIpc) is 2.71. The molecule has 0 amide bonds. The van der Waals surface area contributed by atoms with Gasteiger partial charge in [-0.05, 0) is 18.2 Å². The normalized spacial score (nSPS) is 11.5. The van der Waals surface area contributed by atoms with Crippen molar-refractivity contribution >= 4 is 15.5 Å². The molecule has 2 aromatic rings. The number of hydrogen-bond acceptors (Lipinski definition) is 4. The molecule has 0 bridgehead atoms. The van der Waals surface area contributed by atoms with Crippen molar-refractivity contribution in [2.24, 2.45) is 0 Å². The Labute approximate surface area is 87.2 Å². The number of hydrogen-bond donors (Lipinski definition) is 1. The maximum Gasteiger partial charge on any atom is 0.211 e. The summed E-state index contributed by atoms with van der Waals surface area (Å²) in [5.74, 6) is 0. The third-order valence-corrected chi connectivity index (χ3v) is 3.82. The Morgan fingerprint density at radius 2 is 1.87 bits per heavy atom. The smallest absolute Gasteiger partial charge is 0.211 e. The molecule has 0 radical (unpaired) electrons. The first kappa shape index (κ1) is 9.79. The van der Waals surface area contributed by atoms with E-state index in [1.165, 1.54) is 24.7 Å². The molecule has 4 nitrogen and oxygen atoms in total. The Kier molecular flexibility index (Phi) is 2.24. The van der Waals surface area contributed by atoms with Crippen molar-refractivity contribution in [1.82, 2.24) is 0 Å². The molecule has 2 rings (SSSR count). The highest BCUT2D eigenvalue weighted by atomic mass is 32.2. The van der Waals surface area contributed by atoms with Crippen LogP contribution < -0.4 is 5.73 Å². The zero-order valence-electron chi connectivity index (χ0n) is 7.75. The monoisotopic (exact) mass is 223 g/mol. The molecule has 78 valence electrons. The Hall–Kier alpha value is -1.75. The Morgan fingerprint density at radius 3 is 2.47 bits per heavy atom. The van der Waals surface area contributed by atoms with E-state index in [1.807, 2.05) is 0 Å². The lowest BCUT2D eigenvalue weighted by molar-refractivity contribution is 0.556. The van der Waals surface area contributed by atoms with Crippen LogP contribution in [0, 0.1) is 0 Å². The number of furan rings is 1. The lowest BCUT2D eigenvalue weighted by Gasteiger charge is -2.04. The van der Waals surface area contributed by atoms with E-state index < -0.39 is 9.84 Å². The zero-order valence-corrected chi connectivity index (χ0v) is 8.57. The van der Waals surface area contributed by atoms with Gasteiger partial charge in [-0.25, -0.2) is 8.42 Å². The third-order valence-electron chi connectivity index (χ3n) is 2.01. The van der Waals surface area contributed by atoms with Crippen molar-refractivity contribution in [3.05, 3.63) is 42.9 Å². The van der Waals surface area contributed by atoms with E-state index in [-0.39, 0.29) is 15.5 Å². The fourth-order valence-corrected chi connectivity index (χ4v) is 2.56. The van der Waals surface area contributed by atoms with Crippen molar-refractivity contribution in [3.8, 4) is 0 Å². The molecule has 0 aliphatic rings. The zero-order chi connectivity index (χ0) is 10.9. The highest BCUT2D eigenvalue weighted by molar-refractivity contribution is 7.91. The second-order valence-corrected chi connectivity index (χ2v) is 4.92. The maximum atomic E-state index is 12.0. The van der Waals surface area contributed by atoms with E-state index in [2.05, 4.69) is 0 Å². The van der Waals surface area contributed by atoms with Gasteiger partial charge in [0, 0.05) is 0 Å². The molecule has 0 aliphatic heterocycles. The van der Waals surface area contributed by atoms with Crippen LogP contribution in [0.2, 0.25) is 0 Å². The summed E-state index contributed by atoms with van der Waals surface area (Å²) in [4.78, 5) is 0.215. The van der Waals surface area contributed by atoms with Gasteiger partial charge >= 0.3 is 0 Å². The molecule has 0 aliphatic carbocycles. The van der Waals surface area contributed by atoms with E-state index in [4.69, 9.17) is 10.2 Å². The molecule has 1 aromatic carbocycles. The number of sulfone groups is 1. The minimum absolute atomic E-state index is 0.103. The summed E-state index contributed by atoms with van der Waals surface area (Å²) in [6, 6.07) is 7.72. The summed E-state index contributed by atoms with van der Waals surface area (Å²) in [5, 5.41) is 0. The van der Waals surface area contributed by atoms with Crippen molar-refractivity contribution in [1.29, 1.82) is 0 Å². The third kappa shape index (κ3) is 1.61. The van der Waals surface area contributed by atoms with Gasteiger partial charge in [-0.15, -0.1) is 0 Å². The van der Waals surface area contributed by atoms with E-state index in [0.717, 1.165) is 0 Å². The molecule has 1 heterocycles. The number of anilines is 1. The standard InChI is InChI=1S/C10H9NO3S/c11-9-3-1-2-4-10(9)15(12,13)8-5-6-14-7-8/h1-7H,11H2. The molecule has 15 heavy (non-hydrogen) atoms. The van der Waals surface area contributed by atoms with Crippen LogP contribution in [0.4, 0.5) is 5.69 Å². The quantitative estimate of drug-likeness (QED) is 0.786. The first-order chi connectivity index (χ1) is 7.12. The van der Waals surface area contributed by atoms with Crippen LogP contribution in [0.5, 0.6) is 0 Å². The number of benzene rings is 1. The number of nitrogen functional groups attached to an aromatic ring is 1. The summed E-state index contributed by atoms with van der Waals surface area (Å²) in [6.45, 7) is 0. The number of rotatable bonds is 2. The van der Waals surface area contributed by atoms with Crippen LogP contribution in [0.1, 0.15) is 0 Å². The molecule has 0 atom stereocenters. The minimum Gasteiger partial charge on any atom is -0.471 e. The molecule has 2 N–H and O–H groups in total. The first-order valence-electron chi connectivity index (χ1n) is 4.24. The lowest BCUT2D eigenvalue weighted by Crippen LogP contribution is -2.04. The van der Waals surface area contributed by atoms with E-state index in [1.54, 1.807) is 18.2 Å². The molecule has 1 aromatic heterocycles. The second-order valence-electron chi connectivity index (χ2n) is 3.00. The SMILES string of the molecule is Nc1ccccc1S(=O)(=O)c1ccoc1. The largest absolute Gasteiger partial charge is 0.471 e. The molecule has 0 unspecified atom stereocenters. The molecular weight excluding hydrogens is 214 g/mol. The summed E-state index contributed by atoms with van der Waals surface area (Å²) in [6.07, 6.45) is 2.49. The van der Waals surface area contributed by atoms with Gasteiger partial charge in [-0.2, -0.15) is 0 Å². The molecule has 5 heteroatoms. The van der Waals surface area contributed by atoms with Gasteiger partial charge in [0.1, 0.15) is 11.2 Å². The van der Waals surface area contributed by atoms with Gasteiger partial charge in [-0.3, -0.25) is 0 Å². The molecule has 0 saturated carbocycles. The van der Waals surface area contributed by atoms with Gasteiger partial charge in [-0.1, -0.05) is 12.1 Å². The highest BCUT2D eigenvalue weighted by Crippen LogP contribution is 2.25. The number of para-hydroxylation sites is 1. The predicted octanol–water partition coefficient (Wildman–Crippen LogP) is 1.69. The highest BCUT2D eigenvalue weighted by Gasteiger charge is 2.20. The predicted molar refractivity (Wildman–Crippen MR) is 55.0 cm³/mol. The first-order valence-corrected chi connectivity index (χ1v) is 5.72. The topological polar surface area (TPSA) is 73.3 Å². The Balaban J connectivity index is 2.62. The summed E-state index contributed by atoms with van der Waals surface area (Å²) in [5.41, 5.74) is 5.84. The summed E-state index contributed by atoms with van der Waals surface area (Å²) < 4.78 is 28.7. The van der Waals surface area contributed by atoms with Crippen LogP contribution in [-0.4, -0.2) is 8.42 Å². The van der Waals surface area contributed by atoms with Gasteiger partial charge in [0.05, 0.1) is 16.8 Å². The molecular formula is C10H9NO3S. The molecule has 0 spiro atoms. The van der Waals surface area contributed by atoms with Gasteiger partial charge in [0.2, 0.25) is 9.84 Å². The second kappa shape index (κ2) is 3.43. The average molecular weight is 223 g/mol. The van der Waals surface area contributed by atoms with E-state index >= 15 is 0 Å². The van der Waals surface area contributed by atoms with Crippen molar-refractivity contribution < 1.29 is 12.8 Å². The van der Waals surface area contributed by atoms with E-state index in [0.29, 0.717) is 0 Å². The Morgan fingerprint density at radius 1 is 1.13 bits per heavy atom. The Bertz CT molecular complexity index is 558. The fraction of sp³-hybridized carbons (Fsp3) is 0. The molecule has 0 saturated heterocycles. The minimum atomic E-state index is -3.55. The van der Waals surface area contributed by atoms with Crippen molar-refractivity contribution in [2.75, 3.05) is 5.73 Å². The van der Waals surface area contributed by atoms with E-state index in [9.17, 15) is 8.42 Å². The van der Waals surface area contributed by atoms with Crippen LogP contribution in [0.15, 0.2) is 57.1 Å². The van der Waals surface area contributed by atoms with Crippen LogP contribution in [0.25, 0.3) is 0 Å². The number of nitrogens with two attached hydrogens (primary N) is 1. The van der Waals surface area contributed by atoms with Crippen LogP contribution >= 0.6 is 0 Å². The van der Waals surface area contributed by atoms with Crippen LogP contribution in [0.3, 0.4) is 0 Å². The molecule has 0 fully saturated rings. The van der Waals surface area contributed by atoms with Crippen molar-refractivity contribution in [2.45, 2.75) is 9.79 Å². The fourth-order valence-electron chi connectivity index (χ4n) is 1.26. The lowest BCUT2D eigenvalue weighted by atomic mass is 10.3. The maximum absolute atomic E-state index is 12.0. The summed E-state index contributed by atoms with van der Waals surface area (Å²) >= 11 is 0. The van der Waals surface area contributed by atoms with Gasteiger partial charge < -0.3 is 10.2 Å². The van der Waals surface area contributed by atoms with Crippen molar-refractivity contribution in [3.63, 3.8) is 0 Å².